The van der Waals surface area contributed by atoms with Crippen LogP contribution in [0.4, 0.5) is 5.69 Å². The number of carboxylic acids is 1. The van der Waals surface area contributed by atoms with Gasteiger partial charge in [0.2, 0.25) is 0 Å². The zero-order chi connectivity index (χ0) is 13.9. The van der Waals surface area contributed by atoms with Crippen LogP contribution >= 0.6 is 0 Å². The van der Waals surface area contributed by atoms with Crippen molar-refractivity contribution in [1.29, 1.82) is 0 Å². The van der Waals surface area contributed by atoms with Crippen LogP contribution in [0, 0.1) is 0 Å². The quantitative estimate of drug-likeness (QED) is 0.856. The molecule has 4 nitrogen and oxygen atoms in total. The summed E-state index contributed by atoms with van der Waals surface area (Å²) in [5, 5.41) is 8.79. The van der Waals surface area contributed by atoms with Crippen LogP contribution in [0.25, 0.3) is 6.08 Å². The lowest BCUT2D eigenvalue weighted by Crippen LogP contribution is -2.50. The normalized spacial score (nSPS) is 23.2. The molecule has 0 saturated carbocycles. The van der Waals surface area contributed by atoms with Crippen molar-refractivity contribution in [2.75, 3.05) is 31.1 Å². The van der Waals surface area contributed by atoms with Gasteiger partial charge >= 0.3 is 5.97 Å². The molecule has 0 bridgehead atoms. The molecule has 0 amide bonds. The molecule has 1 aromatic rings. The minimum Gasteiger partial charge on any atom is -0.478 e. The van der Waals surface area contributed by atoms with Crippen molar-refractivity contribution in [3.05, 3.63) is 35.9 Å². The molecule has 1 aromatic carbocycles. The molecule has 2 fully saturated rings. The van der Waals surface area contributed by atoms with Crippen LogP contribution in [0.2, 0.25) is 0 Å². The molecule has 106 valence electrons. The molecule has 0 radical (unpaired) electrons. The zero-order valence-corrected chi connectivity index (χ0v) is 11.5. The first-order valence-corrected chi connectivity index (χ1v) is 7.23. The molecule has 0 aliphatic carbocycles. The van der Waals surface area contributed by atoms with E-state index in [1.807, 2.05) is 18.2 Å². The molecular weight excluding hydrogens is 252 g/mol. The van der Waals surface area contributed by atoms with E-state index >= 15 is 0 Å². The molecule has 1 N–H and O–H groups in total. The zero-order valence-electron chi connectivity index (χ0n) is 11.5. The fourth-order valence-corrected chi connectivity index (χ4v) is 3.29. The minimum atomic E-state index is -0.902. The molecule has 4 heteroatoms. The number of para-hydroxylation sites is 1. The highest BCUT2D eigenvalue weighted by Gasteiger charge is 2.30. The smallest absolute Gasteiger partial charge is 0.328 e. The van der Waals surface area contributed by atoms with Crippen LogP contribution in [0.5, 0.6) is 0 Å². The van der Waals surface area contributed by atoms with Gasteiger partial charge in [-0.05, 0) is 37.1 Å². The number of nitrogens with zero attached hydrogens (tertiary/aromatic N) is 2. The average Bonchev–Trinajstić information content (AvgIpc) is 2.92. The monoisotopic (exact) mass is 272 g/mol. The number of carbonyl (C=O) groups is 1. The highest BCUT2D eigenvalue weighted by Crippen LogP contribution is 2.28. The molecule has 0 aromatic heterocycles. The van der Waals surface area contributed by atoms with Crippen LogP contribution in [0.15, 0.2) is 30.3 Å². The minimum absolute atomic E-state index is 0.667. The van der Waals surface area contributed by atoms with Crippen molar-refractivity contribution in [3.63, 3.8) is 0 Å². The summed E-state index contributed by atoms with van der Waals surface area (Å²) in [7, 11) is 0. The lowest BCUT2D eigenvalue weighted by atomic mass is 10.1. The van der Waals surface area contributed by atoms with Gasteiger partial charge in [0.15, 0.2) is 0 Å². The summed E-state index contributed by atoms with van der Waals surface area (Å²) in [6, 6.07) is 8.72. The largest absolute Gasteiger partial charge is 0.478 e. The van der Waals surface area contributed by atoms with Gasteiger partial charge < -0.3 is 10.0 Å². The van der Waals surface area contributed by atoms with E-state index in [0.717, 1.165) is 30.9 Å². The molecule has 1 unspecified atom stereocenters. The SMILES string of the molecule is O=C(O)/C=C/c1ccccc1N1CCN2CCCC2C1. The third-order valence-corrected chi connectivity index (χ3v) is 4.27. The summed E-state index contributed by atoms with van der Waals surface area (Å²) in [6.45, 7) is 4.42. The maximum absolute atomic E-state index is 10.7. The molecule has 2 aliphatic rings. The number of hydrogen-bond donors (Lipinski definition) is 1. The Morgan fingerprint density at radius 3 is 2.95 bits per heavy atom. The Labute approximate surface area is 119 Å². The Hall–Kier alpha value is -1.81. The first-order valence-electron chi connectivity index (χ1n) is 7.23. The van der Waals surface area contributed by atoms with Crippen molar-refractivity contribution in [2.24, 2.45) is 0 Å². The van der Waals surface area contributed by atoms with Gasteiger partial charge in [-0.15, -0.1) is 0 Å². The van der Waals surface area contributed by atoms with Gasteiger partial charge in [0.1, 0.15) is 0 Å². The summed E-state index contributed by atoms with van der Waals surface area (Å²) in [4.78, 5) is 15.7. The van der Waals surface area contributed by atoms with Gasteiger partial charge in [-0.1, -0.05) is 18.2 Å². The first-order chi connectivity index (χ1) is 9.74. The standard InChI is InChI=1S/C16H20N2O2/c19-16(20)8-7-13-4-1-2-6-15(13)18-11-10-17-9-3-5-14(17)12-18/h1-2,4,6-8,14H,3,5,9-12H2,(H,19,20)/b8-7+. The van der Waals surface area contributed by atoms with E-state index in [-0.39, 0.29) is 0 Å². The summed E-state index contributed by atoms with van der Waals surface area (Å²) in [5.74, 6) is -0.902. The Balaban J connectivity index is 1.81. The fraction of sp³-hybridized carbons (Fsp3) is 0.438. The molecule has 3 rings (SSSR count). The van der Waals surface area contributed by atoms with Crippen molar-refractivity contribution in [2.45, 2.75) is 18.9 Å². The molecule has 2 heterocycles. The van der Waals surface area contributed by atoms with Gasteiger partial charge in [0.05, 0.1) is 0 Å². The van der Waals surface area contributed by atoms with E-state index < -0.39 is 5.97 Å². The van der Waals surface area contributed by atoms with E-state index in [4.69, 9.17) is 5.11 Å². The molecule has 2 aliphatic heterocycles. The Morgan fingerprint density at radius 1 is 1.25 bits per heavy atom. The second-order valence-electron chi connectivity index (χ2n) is 5.51. The van der Waals surface area contributed by atoms with E-state index in [0.29, 0.717) is 6.04 Å². The lowest BCUT2D eigenvalue weighted by molar-refractivity contribution is -0.131. The topological polar surface area (TPSA) is 43.8 Å². The van der Waals surface area contributed by atoms with Gasteiger partial charge in [-0.25, -0.2) is 4.79 Å². The van der Waals surface area contributed by atoms with Crippen LogP contribution < -0.4 is 4.90 Å². The van der Waals surface area contributed by atoms with Crippen LogP contribution in [0.1, 0.15) is 18.4 Å². The number of hydrogen-bond acceptors (Lipinski definition) is 3. The summed E-state index contributed by atoms with van der Waals surface area (Å²) >= 11 is 0. The van der Waals surface area contributed by atoms with Gasteiger partial charge in [0, 0.05) is 37.4 Å². The maximum atomic E-state index is 10.7. The number of carboxylic acid groups (broad SMARTS) is 1. The molecule has 20 heavy (non-hydrogen) atoms. The number of piperazine rings is 1. The highest BCUT2D eigenvalue weighted by atomic mass is 16.4. The van der Waals surface area contributed by atoms with Gasteiger partial charge in [0.25, 0.3) is 0 Å². The fourth-order valence-electron chi connectivity index (χ4n) is 3.29. The predicted molar refractivity (Wildman–Crippen MR) is 79.9 cm³/mol. The van der Waals surface area contributed by atoms with Crippen molar-refractivity contribution >= 4 is 17.7 Å². The lowest BCUT2D eigenvalue weighted by Gasteiger charge is -2.39. The number of rotatable bonds is 3. The number of aliphatic carboxylic acids is 1. The highest BCUT2D eigenvalue weighted by molar-refractivity contribution is 5.87. The number of benzene rings is 1. The van der Waals surface area contributed by atoms with Crippen LogP contribution in [0.3, 0.4) is 0 Å². The Kier molecular flexibility index (Phi) is 3.74. The molecule has 1 atom stereocenters. The molecular formula is C16H20N2O2. The Bertz CT molecular complexity index is 527. The average molecular weight is 272 g/mol. The molecule has 0 spiro atoms. The van der Waals surface area contributed by atoms with E-state index in [1.165, 1.54) is 25.5 Å². The maximum Gasteiger partial charge on any atom is 0.328 e. The number of fused-ring (bicyclic) bond motifs is 1. The summed E-state index contributed by atoms with van der Waals surface area (Å²) < 4.78 is 0. The van der Waals surface area contributed by atoms with Crippen molar-refractivity contribution in [3.8, 4) is 0 Å². The van der Waals surface area contributed by atoms with Gasteiger partial charge in [-0.2, -0.15) is 0 Å². The third kappa shape index (κ3) is 2.70. The second-order valence-corrected chi connectivity index (χ2v) is 5.51. The molecule has 2 saturated heterocycles. The number of anilines is 1. The van der Waals surface area contributed by atoms with Crippen molar-refractivity contribution in [1.82, 2.24) is 4.90 Å². The van der Waals surface area contributed by atoms with Crippen molar-refractivity contribution < 1.29 is 9.90 Å². The first kappa shape index (κ1) is 13.2. The predicted octanol–water partition coefficient (Wildman–Crippen LogP) is 2.07. The summed E-state index contributed by atoms with van der Waals surface area (Å²) in [6.07, 6.45) is 5.49. The van der Waals surface area contributed by atoms with E-state index in [1.54, 1.807) is 6.08 Å². The van der Waals surface area contributed by atoms with Crippen LogP contribution in [-0.2, 0) is 4.79 Å². The second kappa shape index (κ2) is 5.67. The Morgan fingerprint density at radius 2 is 2.10 bits per heavy atom. The van der Waals surface area contributed by atoms with Gasteiger partial charge in [-0.3, -0.25) is 4.90 Å². The van der Waals surface area contributed by atoms with E-state index in [9.17, 15) is 4.79 Å². The van der Waals surface area contributed by atoms with Crippen LogP contribution in [-0.4, -0.2) is 48.2 Å². The third-order valence-electron chi connectivity index (χ3n) is 4.27. The summed E-state index contributed by atoms with van der Waals surface area (Å²) in [5.41, 5.74) is 2.14. The van der Waals surface area contributed by atoms with E-state index in [2.05, 4.69) is 15.9 Å².